The van der Waals surface area contributed by atoms with Gasteiger partial charge in [0, 0.05) is 36.0 Å². The summed E-state index contributed by atoms with van der Waals surface area (Å²) in [5.74, 6) is 0.682. The predicted molar refractivity (Wildman–Crippen MR) is 103 cm³/mol. The maximum atomic E-state index is 12.8. The van der Waals surface area contributed by atoms with E-state index in [4.69, 9.17) is 11.6 Å². The molecule has 0 aliphatic carbocycles. The molecule has 2 aromatic heterocycles. The zero-order valence-corrected chi connectivity index (χ0v) is 16.3. The number of rotatable bonds is 4. The van der Waals surface area contributed by atoms with Crippen molar-refractivity contribution in [1.29, 1.82) is 0 Å². The fourth-order valence-corrected chi connectivity index (χ4v) is 3.68. The summed E-state index contributed by atoms with van der Waals surface area (Å²) < 4.78 is 2.26. The van der Waals surface area contributed by atoms with E-state index < -0.39 is 5.41 Å². The van der Waals surface area contributed by atoms with Crippen molar-refractivity contribution >= 4 is 34.7 Å². The van der Waals surface area contributed by atoms with Crippen LogP contribution in [0.1, 0.15) is 42.2 Å². The minimum Gasteiger partial charge on any atom is -0.365 e. The third-order valence-electron chi connectivity index (χ3n) is 4.03. The lowest BCUT2D eigenvalue weighted by molar-refractivity contribution is 0.0751. The third kappa shape index (κ3) is 4.41. The van der Waals surface area contributed by atoms with Crippen LogP contribution in [0.15, 0.2) is 18.2 Å². The summed E-state index contributed by atoms with van der Waals surface area (Å²) in [6.45, 7) is 8.96. The van der Waals surface area contributed by atoms with E-state index in [9.17, 15) is 4.79 Å². The highest BCUT2D eigenvalue weighted by atomic mass is 35.5. The fraction of sp³-hybridized carbons (Fsp3) is 0.529. The Labute approximate surface area is 156 Å². The quantitative estimate of drug-likeness (QED) is 0.759. The smallest absolute Gasteiger partial charge is 0.254 e. The molecule has 0 bridgehead atoms. The highest BCUT2D eigenvalue weighted by Crippen LogP contribution is 2.26. The molecule has 0 saturated carbocycles. The second-order valence-corrected chi connectivity index (χ2v) is 8.99. The Bertz CT molecular complexity index is 743. The van der Waals surface area contributed by atoms with Gasteiger partial charge in [-0.1, -0.05) is 32.4 Å². The van der Waals surface area contributed by atoms with Gasteiger partial charge in [0.15, 0.2) is 0 Å². The van der Waals surface area contributed by atoms with Gasteiger partial charge >= 0.3 is 0 Å². The molecule has 0 aromatic carbocycles. The van der Waals surface area contributed by atoms with Crippen LogP contribution in [-0.2, 0) is 6.54 Å². The minimum atomic E-state index is -0.510. The van der Waals surface area contributed by atoms with Crippen LogP contribution in [0, 0.1) is 5.41 Å². The summed E-state index contributed by atoms with van der Waals surface area (Å²) in [6.07, 6.45) is 0. The van der Waals surface area contributed by atoms with Crippen LogP contribution in [0.25, 0.3) is 0 Å². The van der Waals surface area contributed by atoms with Crippen molar-refractivity contribution in [3.63, 3.8) is 0 Å². The number of aromatic nitrogens is 2. The Morgan fingerprint density at radius 2 is 2.24 bits per heavy atom. The second kappa shape index (κ2) is 7.45. The van der Waals surface area contributed by atoms with Gasteiger partial charge in [-0.3, -0.25) is 4.79 Å². The number of hydrogen-bond acceptors (Lipinski definition) is 6. The molecule has 1 fully saturated rings. The molecule has 0 radical (unpaired) electrons. The average Bonchev–Trinajstić information content (AvgIpc) is 3.18. The first-order valence-corrected chi connectivity index (χ1v) is 9.61. The Morgan fingerprint density at radius 3 is 2.84 bits per heavy atom. The first-order chi connectivity index (χ1) is 11.8. The van der Waals surface area contributed by atoms with E-state index >= 15 is 0 Å². The first kappa shape index (κ1) is 18.4. The molecule has 0 spiro atoms. The standard InChI is InChI=1S/C17H24ClN5OS/c1-17(2,3)16(24)23-15(21-9-11-4-5-14(18)25-11)8-12(22-23)13-10-19-6-7-20-13/h4-5,8,13,19-21H,6-7,9-10H2,1-3H3. The number of piperazine rings is 1. The zero-order chi connectivity index (χ0) is 18.0. The highest BCUT2D eigenvalue weighted by Gasteiger charge is 2.28. The highest BCUT2D eigenvalue weighted by molar-refractivity contribution is 7.16. The topological polar surface area (TPSA) is 71.0 Å². The molecule has 1 aliphatic heterocycles. The molecule has 1 unspecified atom stereocenters. The van der Waals surface area contributed by atoms with Gasteiger partial charge in [0.2, 0.25) is 0 Å². The normalized spacial score (nSPS) is 18.3. The molecule has 136 valence electrons. The van der Waals surface area contributed by atoms with Gasteiger partial charge in [-0.2, -0.15) is 9.78 Å². The van der Waals surface area contributed by atoms with Crippen LogP contribution >= 0.6 is 22.9 Å². The van der Waals surface area contributed by atoms with E-state index in [1.54, 1.807) is 0 Å². The van der Waals surface area contributed by atoms with Gasteiger partial charge < -0.3 is 16.0 Å². The van der Waals surface area contributed by atoms with Crippen molar-refractivity contribution in [1.82, 2.24) is 20.4 Å². The van der Waals surface area contributed by atoms with E-state index in [-0.39, 0.29) is 11.9 Å². The van der Waals surface area contributed by atoms with Gasteiger partial charge in [-0.25, -0.2) is 0 Å². The van der Waals surface area contributed by atoms with Crippen LogP contribution in [0.2, 0.25) is 4.34 Å². The summed E-state index contributed by atoms with van der Waals surface area (Å²) in [6, 6.07) is 5.94. The molecule has 1 atom stereocenters. The van der Waals surface area contributed by atoms with E-state index in [0.717, 1.165) is 34.5 Å². The molecule has 3 N–H and O–H groups in total. The summed E-state index contributed by atoms with van der Waals surface area (Å²) in [4.78, 5) is 13.9. The van der Waals surface area contributed by atoms with Crippen LogP contribution in [0.3, 0.4) is 0 Å². The number of nitrogens with zero attached hydrogens (tertiary/aromatic N) is 2. The molecule has 3 rings (SSSR count). The summed E-state index contributed by atoms with van der Waals surface area (Å²) in [5.41, 5.74) is 0.362. The van der Waals surface area contributed by atoms with Crippen molar-refractivity contribution in [3.05, 3.63) is 33.1 Å². The number of carbonyl (C=O) groups excluding carboxylic acids is 1. The van der Waals surface area contributed by atoms with E-state index in [0.29, 0.717) is 12.4 Å². The minimum absolute atomic E-state index is 0.0331. The molecule has 1 aliphatic rings. The predicted octanol–water partition coefficient (Wildman–Crippen LogP) is 3.13. The summed E-state index contributed by atoms with van der Waals surface area (Å²) >= 11 is 7.52. The maximum absolute atomic E-state index is 12.8. The number of nitrogens with one attached hydrogen (secondary N) is 3. The largest absolute Gasteiger partial charge is 0.365 e. The van der Waals surface area contributed by atoms with Gasteiger partial charge in [0.25, 0.3) is 5.91 Å². The third-order valence-corrected chi connectivity index (χ3v) is 5.26. The van der Waals surface area contributed by atoms with Gasteiger partial charge in [-0.15, -0.1) is 11.3 Å². The lowest BCUT2D eigenvalue weighted by Crippen LogP contribution is -2.42. The average molecular weight is 382 g/mol. The Hall–Kier alpha value is -1.41. The number of anilines is 1. The lowest BCUT2D eigenvalue weighted by Gasteiger charge is -2.22. The summed E-state index contributed by atoms with van der Waals surface area (Å²) in [7, 11) is 0. The SMILES string of the molecule is CC(C)(C)C(=O)n1nc(C2CNCCN2)cc1NCc1ccc(Cl)s1. The fourth-order valence-electron chi connectivity index (χ4n) is 2.66. The summed E-state index contributed by atoms with van der Waals surface area (Å²) in [5, 5.41) is 14.7. The van der Waals surface area contributed by atoms with Crippen LogP contribution < -0.4 is 16.0 Å². The monoisotopic (exact) mass is 381 g/mol. The number of carbonyl (C=O) groups is 1. The Morgan fingerprint density at radius 1 is 1.44 bits per heavy atom. The molecule has 25 heavy (non-hydrogen) atoms. The van der Waals surface area contributed by atoms with E-state index in [1.165, 1.54) is 16.0 Å². The van der Waals surface area contributed by atoms with Crippen LogP contribution in [0.5, 0.6) is 0 Å². The van der Waals surface area contributed by atoms with E-state index in [1.807, 2.05) is 39.0 Å². The zero-order valence-electron chi connectivity index (χ0n) is 14.7. The van der Waals surface area contributed by atoms with Crippen molar-refractivity contribution in [2.75, 3.05) is 25.0 Å². The van der Waals surface area contributed by atoms with Crippen LogP contribution in [0.4, 0.5) is 5.82 Å². The molecule has 3 heterocycles. The molecule has 2 aromatic rings. The Kier molecular flexibility index (Phi) is 5.48. The van der Waals surface area contributed by atoms with Crippen molar-refractivity contribution in [3.8, 4) is 0 Å². The van der Waals surface area contributed by atoms with Gasteiger partial charge in [0.05, 0.1) is 22.6 Å². The molecular weight excluding hydrogens is 358 g/mol. The van der Waals surface area contributed by atoms with Gasteiger partial charge in [-0.05, 0) is 12.1 Å². The molecule has 6 nitrogen and oxygen atoms in total. The number of thiophene rings is 1. The van der Waals surface area contributed by atoms with Crippen molar-refractivity contribution < 1.29 is 4.79 Å². The van der Waals surface area contributed by atoms with Crippen molar-refractivity contribution in [2.24, 2.45) is 5.41 Å². The van der Waals surface area contributed by atoms with Gasteiger partial charge in [0.1, 0.15) is 5.82 Å². The molecule has 8 heteroatoms. The molecular formula is C17H24ClN5OS. The Balaban J connectivity index is 1.85. The number of hydrogen-bond donors (Lipinski definition) is 3. The number of halogens is 1. The molecule has 1 saturated heterocycles. The van der Waals surface area contributed by atoms with Crippen LogP contribution in [-0.4, -0.2) is 35.3 Å². The first-order valence-electron chi connectivity index (χ1n) is 8.41. The molecule has 0 amide bonds. The maximum Gasteiger partial charge on any atom is 0.254 e. The van der Waals surface area contributed by atoms with Crippen molar-refractivity contribution in [2.45, 2.75) is 33.4 Å². The lowest BCUT2D eigenvalue weighted by atomic mass is 9.96. The van der Waals surface area contributed by atoms with E-state index in [2.05, 4.69) is 21.0 Å². The second-order valence-electron chi connectivity index (χ2n) is 7.19.